The molecule has 2 fully saturated rings. The molecule has 2 N–H and O–H groups in total. The highest BCUT2D eigenvalue weighted by Gasteiger charge is 2.18. The Hall–Kier alpha value is -1.66. The van der Waals surface area contributed by atoms with Crippen LogP contribution < -0.4 is 10.6 Å². The highest BCUT2D eigenvalue weighted by Crippen LogP contribution is 2.18. The van der Waals surface area contributed by atoms with Crippen molar-refractivity contribution in [2.45, 2.75) is 31.7 Å². The van der Waals surface area contributed by atoms with Crippen molar-refractivity contribution in [3.63, 3.8) is 0 Å². The molecule has 1 amide bonds. The SMILES string of the molecule is O=C(NC1CCCC1)c1ccc(NCCN2CCOCC2)cn1. The van der Waals surface area contributed by atoms with Crippen molar-refractivity contribution in [3.8, 4) is 0 Å². The van der Waals surface area contributed by atoms with E-state index in [0.29, 0.717) is 11.7 Å². The molecule has 1 saturated heterocycles. The summed E-state index contributed by atoms with van der Waals surface area (Å²) >= 11 is 0. The number of hydrogen-bond acceptors (Lipinski definition) is 5. The van der Waals surface area contributed by atoms with Crippen LogP contribution in [-0.2, 0) is 4.74 Å². The summed E-state index contributed by atoms with van der Waals surface area (Å²) in [6, 6.07) is 4.05. The lowest BCUT2D eigenvalue weighted by atomic mass is 10.2. The Balaban J connectivity index is 1.41. The predicted octanol–water partition coefficient (Wildman–Crippen LogP) is 1.50. The van der Waals surface area contributed by atoms with E-state index in [1.165, 1.54) is 12.8 Å². The van der Waals surface area contributed by atoms with Gasteiger partial charge in [-0.1, -0.05) is 12.8 Å². The summed E-state index contributed by atoms with van der Waals surface area (Å²) in [7, 11) is 0. The van der Waals surface area contributed by atoms with Crippen LogP contribution in [0.3, 0.4) is 0 Å². The maximum absolute atomic E-state index is 12.1. The van der Waals surface area contributed by atoms with Gasteiger partial charge in [-0.05, 0) is 25.0 Å². The van der Waals surface area contributed by atoms with E-state index in [0.717, 1.165) is 57.9 Å². The molecule has 0 bridgehead atoms. The molecule has 1 aliphatic heterocycles. The lowest BCUT2D eigenvalue weighted by Gasteiger charge is -2.26. The van der Waals surface area contributed by atoms with Gasteiger partial charge in [-0.3, -0.25) is 9.69 Å². The summed E-state index contributed by atoms with van der Waals surface area (Å²) in [5.41, 5.74) is 1.45. The number of anilines is 1. The molecule has 1 aromatic heterocycles. The molecule has 126 valence electrons. The number of rotatable bonds is 6. The second-order valence-corrected chi connectivity index (χ2v) is 6.27. The van der Waals surface area contributed by atoms with Crippen LogP contribution >= 0.6 is 0 Å². The Labute approximate surface area is 137 Å². The second-order valence-electron chi connectivity index (χ2n) is 6.27. The summed E-state index contributed by atoms with van der Waals surface area (Å²) in [5.74, 6) is -0.0585. The van der Waals surface area contributed by atoms with Gasteiger partial charge in [-0.2, -0.15) is 0 Å². The van der Waals surface area contributed by atoms with Gasteiger partial charge in [-0.25, -0.2) is 4.98 Å². The maximum atomic E-state index is 12.1. The van der Waals surface area contributed by atoms with Gasteiger partial charge in [0.2, 0.25) is 0 Å². The van der Waals surface area contributed by atoms with Crippen LogP contribution in [0.15, 0.2) is 18.3 Å². The van der Waals surface area contributed by atoms with E-state index in [-0.39, 0.29) is 5.91 Å². The van der Waals surface area contributed by atoms with Crippen molar-refractivity contribution >= 4 is 11.6 Å². The number of hydrogen-bond donors (Lipinski definition) is 2. The minimum atomic E-state index is -0.0585. The van der Waals surface area contributed by atoms with Crippen molar-refractivity contribution in [2.24, 2.45) is 0 Å². The number of aromatic nitrogens is 1. The number of morpholine rings is 1. The molecule has 0 aromatic carbocycles. The fraction of sp³-hybridized carbons (Fsp3) is 0.647. The van der Waals surface area contributed by atoms with Crippen LogP contribution in [-0.4, -0.2) is 61.2 Å². The molecule has 1 aliphatic carbocycles. The van der Waals surface area contributed by atoms with Gasteiger partial charge < -0.3 is 15.4 Å². The lowest BCUT2D eigenvalue weighted by Crippen LogP contribution is -2.39. The van der Waals surface area contributed by atoms with Crippen molar-refractivity contribution in [2.75, 3.05) is 44.7 Å². The normalized spacial score (nSPS) is 19.7. The highest BCUT2D eigenvalue weighted by atomic mass is 16.5. The monoisotopic (exact) mass is 318 g/mol. The van der Waals surface area contributed by atoms with Crippen LogP contribution in [0, 0.1) is 0 Å². The van der Waals surface area contributed by atoms with E-state index >= 15 is 0 Å². The number of nitrogens with zero attached hydrogens (tertiary/aromatic N) is 2. The second kappa shape index (κ2) is 8.26. The summed E-state index contributed by atoms with van der Waals surface area (Å²) in [6.07, 6.45) is 6.34. The van der Waals surface area contributed by atoms with Gasteiger partial charge in [0.1, 0.15) is 5.69 Å². The summed E-state index contributed by atoms with van der Waals surface area (Å²) in [4.78, 5) is 18.8. The van der Waals surface area contributed by atoms with Crippen LogP contribution in [0.4, 0.5) is 5.69 Å². The largest absolute Gasteiger partial charge is 0.383 e. The molecule has 23 heavy (non-hydrogen) atoms. The number of nitrogens with one attached hydrogen (secondary N) is 2. The third-order valence-electron chi connectivity index (χ3n) is 4.55. The fourth-order valence-electron chi connectivity index (χ4n) is 3.15. The smallest absolute Gasteiger partial charge is 0.270 e. The average Bonchev–Trinajstić information content (AvgIpc) is 3.09. The predicted molar refractivity (Wildman–Crippen MR) is 89.7 cm³/mol. The maximum Gasteiger partial charge on any atom is 0.270 e. The number of carbonyl (C=O) groups is 1. The minimum Gasteiger partial charge on any atom is -0.383 e. The molecule has 2 aliphatic rings. The molecule has 6 heteroatoms. The van der Waals surface area contributed by atoms with Crippen LogP contribution in [0.2, 0.25) is 0 Å². The number of amides is 1. The Morgan fingerprint density at radius 1 is 1.26 bits per heavy atom. The molecular weight excluding hydrogens is 292 g/mol. The van der Waals surface area contributed by atoms with Crippen molar-refractivity contribution in [3.05, 3.63) is 24.0 Å². The van der Waals surface area contributed by atoms with Crippen molar-refractivity contribution in [1.29, 1.82) is 0 Å². The average molecular weight is 318 g/mol. The van der Waals surface area contributed by atoms with Crippen LogP contribution in [0.25, 0.3) is 0 Å². The Bertz CT molecular complexity index is 494. The first-order chi connectivity index (χ1) is 11.3. The molecule has 2 heterocycles. The molecule has 1 saturated carbocycles. The van der Waals surface area contributed by atoms with Gasteiger partial charge in [0, 0.05) is 32.2 Å². The zero-order chi connectivity index (χ0) is 15.9. The zero-order valence-electron chi connectivity index (χ0n) is 13.6. The molecule has 3 rings (SSSR count). The van der Waals surface area contributed by atoms with Gasteiger partial charge in [-0.15, -0.1) is 0 Å². The third-order valence-corrected chi connectivity index (χ3v) is 4.55. The highest BCUT2D eigenvalue weighted by molar-refractivity contribution is 5.92. The number of carbonyl (C=O) groups excluding carboxylic acids is 1. The summed E-state index contributed by atoms with van der Waals surface area (Å²) in [5, 5.41) is 6.41. The molecule has 0 unspecified atom stereocenters. The standard InChI is InChI=1S/C17H26N4O2/c22-17(20-14-3-1-2-4-14)16-6-5-15(13-19-16)18-7-8-21-9-11-23-12-10-21/h5-6,13-14,18H,1-4,7-12H2,(H,20,22). The Morgan fingerprint density at radius 2 is 2.04 bits per heavy atom. The Morgan fingerprint density at radius 3 is 2.74 bits per heavy atom. The Kier molecular flexibility index (Phi) is 5.82. The number of pyridine rings is 1. The fourth-order valence-corrected chi connectivity index (χ4v) is 3.15. The lowest BCUT2D eigenvalue weighted by molar-refractivity contribution is 0.0398. The van der Waals surface area contributed by atoms with Gasteiger partial charge in [0.15, 0.2) is 0 Å². The van der Waals surface area contributed by atoms with Gasteiger partial charge in [0.05, 0.1) is 25.1 Å². The van der Waals surface area contributed by atoms with E-state index < -0.39 is 0 Å². The number of ether oxygens (including phenoxy) is 1. The van der Waals surface area contributed by atoms with E-state index in [1.807, 2.05) is 6.07 Å². The molecule has 0 spiro atoms. The molecule has 1 aromatic rings. The molecule has 6 nitrogen and oxygen atoms in total. The molecule has 0 radical (unpaired) electrons. The van der Waals surface area contributed by atoms with Gasteiger partial charge >= 0.3 is 0 Å². The van der Waals surface area contributed by atoms with Gasteiger partial charge in [0.25, 0.3) is 5.91 Å². The quantitative estimate of drug-likeness (QED) is 0.832. The molecule has 0 atom stereocenters. The third kappa shape index (κ3) is 4.91. The first-order valence-electron chi connectivity index (χ1n) is 8.62. The first kappa shape index (κ1) is 16.2. The van der Waals surface area contributed by atoms with Crippen molar-refractivity contribution in [1.82, 2.24) is 15.2 Å². The van der Waals surface area contributed by atoms with Crippen LogP contribution in [0.5, 0.6) is 0 Å². The summed E-state index contributed by atoms with van der Waals surface area (Å²) < 4.78 is 5.34. The molecular formula is C17H26N4O2. The van der Waals surface area contributed by atoms with E-state index in [1.54, 1.807) is 12.3 Å². The van der Waals surface area contributed by atoms with E-state index in [2.05, 4.69) is 20.5 Å². The first-order valence-corrected chi connectivity index (χ1v) is 8.62. The van der Waals surface area contributed by atoms with Crippen LogP contribution in [0.1, 0.15) is 36.2 Å². The van der Waals surface area contributed by atoms with E-state index in [4.69, 9.17) is 4.74 Å². The zero-order valence-corrected chi connectivity index (χ0v) is 13.6. The minimum absolute atomic E-state index is 0.0585. The summed E-state index contributed by atoms with van der Waals surface area (Å²) in [6.45, 7) is 5.52. The van der Waals surface area contributed by atoms with E-state index in [9.17, 15) is 4.79 Å². The topological polar surface area (TPSA) is 66.5 Å². The van der Waals surface area contributed by atoms with Crippen molar-refractivity contribution < 1.29 is 9.53 Å².